The van der Waals surface area contributed by atoms with Crippen LogP contribution in [0.1, 0.15) is 128 Å². The summed E-state index contributed by atoms with van der Waals surface area (Å²) in [6, 6.07) is 0. The second-order valence-corrected chi connectivity index (χ2v) is 12.0. The predicted molar refractivity (Wildman–Crippen MR) is 128 cm³/mol. The Morgan fingerprint density at radius 2 is 1.09 bits per heavy atom. The molecule has 3 spiro atoms. The van der Waals surface area contributed by atoms with Crippen molar-refractivity contribution in [1.29, 1.82) is 0 Å². The Hall–Kier alpha value is -1.03. The van der Waals surface area contributed by atoms with Crippen molar-refractivity contribution in [2.75, 3.05) is 13.1 Å². The van der Waals surface area contributed by atoms with Crippen molar-refractivity contribution in [2.24, 2.45) is 16.2 Å². The molecule has 0 aromatic rings. The zero-order valence-corrected chi connectivity index (χ0v) is 20.3. The van der Waals surface area contributed by atoms with Gasteiger partial charge in [0.15, 0.2) is 0 Å². The maximum atomic E-state index is 11.4. The topological polar surface area (TPSA) is 63.2 Å². The van der Waals surface area contributed by atoms with Crippen molar-refractivity contribution in [3.63, 3.8) is 0 Å². The number of nitrogens with one attached hydrogen (secondary N) is 1. The summed E-state index contributed by atoms with van der Waals surface area (Å²) in [5.41, 5.74) is 1.10. The normalized spacial score (nSPS) is 32.8. The summed E-state index contributed by atoms with van der Waals surface area (Å²) < 4.78 is 0. The van der Waals surface area contributed by atoms with Gasteiger partial charge in [0.25, 0.3) is 0 Å². The molecule has 1 aliphatic heterocycles. The Bertz CT molecular complexity index is 641. The molecule has 1 heterocycles. The van der Waals surface area contributed by atoms with Crippen molar-refractivity contribution < 1.29 is 14.4 Å². The lowest BCUT2D eigenvalue weighted by atomic mass is 9.60. The molecule has 0 aromatic heterocycles. The van der Waals surface area contributed by atoms with E-state index in [0.29, 0.717) is 28.2 Å². The molecule has 4 nitrogen and oxygen atoms in total. The van der Waals surface area contributed by atoms with Crippen LogP contribution < -0.4 is 5.32 Å². The predicted octanol–water partition coefficient (Wildman–Crippen LogP) is 6.10. The molecule has 180 valence electrons. The van der Waals surface area contributed by atoms with E-state index < -0.39 is 0 Å². The van der Waals surface area contributed by atoms with Gasteiger partial charge in [0.05, 0.1) is 0 Å². The molecule has 6 rings (SSSR count). The van der Waals surface area contributed by atoms with Crippen LogP contribution in [-0.4, -0.2) is 30.4 Å². The lowest BCUT2D eigenvalue weighted by Gasteiger charge is -2.43. The van der Waals surface area contributed by atoms with E-state index in [1.165, 1.54) is 83.5 Å². The molecule has 32 heavy (non-hydrogen) atoms. The van der Waals surface area contributed by atoms with Crippen molar-refractivity contribution in [3.05, 3.63) is 0 Å². The molecule has 5 aliphatic carbocycles. The van der Waals surface area contributed by atoms with E-state index in [0.717, 1.165) is 58.0 Å². The number of Topliss-reactive ketones (excluding diaryl/α,β-unsaturated/α-hetero) is 3. The maximum absolute atomic E-state index is 11.4. The van der Waals surface area contributed by atoms with Crippen LogP contribution in [0.5, 0.6) is 0 Å². The van der Waals surface area contributed by atoms with E-state index in [1.54, 1.807) is 0 Å². The molecule has 0 bridgehead atoms. The smallest absolute Gasteiger partial charge is 0.139 e. The average molecular weight is 444 g/mol. The number of hydrogen-bond acceptors (Lipinski definition) is 4. The monoisotopic (exact) mass is 443 g/mol. The first kappa shape index (κ1) is 24.1. The fourth-order valence-corrected chi connectivity index (χ4v) is 7.51. The molecular formula is C28H45NO3. The van der Waals surface area contributed by atoms with Gasteiger partial charge in [0, 0.05) is 44.1 Å². The van der Waals surface area contributed by atoms with Gasteiger partial charge in [-0.25, -0.2) is 0 Å². The van der Waals surface area contributed by atoms with Crippen molar-refractivity contribution >= 4 is 17.3 Å². The highest BCUT2D eigenvalue weighted by molar-refractivity contribution is 5.86. The fraction of sp³-hybridized carbons (Fsp3) is 0.893. The SMILES string of the molecule is O=C1CCCC2(CCCC2)C1.O=C1CCCC2(CCNC2)C1.O=C1CCCCC12CCC2. The van der Waals surface area contributed by atoms with Crippen LogP contribution in [0.15, 0.2) is 0 Å². The third kappa shape index (κ3) is 5.72. The van der Waals surface area contributed by atoms with Crippen LogP contribution in [0.4, 0.5) is 0 Å². The van der Waals surface area contributed by atoms with E-state index in [2.05, 4.69) is 5.32 Å². The lowest BCUT2D eigenvalue weighted by Crippen LogP contribution is -2.40. The molecule has 5 saturated carbocycles. The van der Waals surface area contributed by atoms with E-state index in [1.807, 2.05) is 0 Å². The maximum Gasteiger partial charge on any atom is 0.139 e. The molecule has 0 amide bonds. The minimum atomic E-state index is 0.220. The summed E-state index contributed by atoms with van der Waals surface area (Å²) in [5, 5.41) is 3.35. The van der Waals surface area contributed by atoms with E-state index in [9.17, 15) is 14.4 Å². The fourth-order valence-electron chi connectivity index (χ4n) is 7.51. The van der Waals surface area contributed by atoms with E-state index in [-0.39, 0.29) is 5.41 Å². The lowest BCUT2D eigenvalue weighted by molar-refractivity contribution is -0.136. The first-order valence-electron chi connectivity index (χ1n) is 13.7. The zero-order chi connectivity index (χ0) is 22.5. The molecular weight excluding hydrogens is 398 g/mol. The Morgan fingerprint density at radius 1 is 0.531 bits per heavy atom. The second-order valence-electron chi connectivity index (χ2n) is 12.0. The second kappa shape index (κ2) is 10.5. The first-order chi connectivity index (χ1) is 15.5. The first-order valence-corrected chi connectivity index (χ1v) is 13.7. The highest BCUT2D eigenvalue weighted by Gasteiger charge is 2.44. The molecule has 1 unspecified atom stereocenters. The van der Waals surface area contributed by atoms with Crippen molar-refractivity contribution in [3.8, 4) is 0 Å². The third-order valence-corrected chi connectivity index (χ3v) is 9.68. The molecule has 1 saturated heterocycles. The Labute approximate surface area is 195 Å². The molecule has 6 fully saturated rings. The van der Waals surface area contributed by atoms with Crippen LogP contribution in [0.2, 0.25) is 0 Å². The van der Waals surface area contributed by atoms with Crippen LogP contribution in [-0.2, 0) is 14.4 Å². The summed E-state index contributed by atoms with van der Waals surface area (Å²) in [6.07, 6.45) is 23.2. The molecule has 6 aliphatic rings. The van der Waals surface area contributed by atoms with E-state index >= 15 is 0 Å². The van der Waals surface area contributed by atoms with Gasteiger partial charge in [0.2, 0.25) is 0 Å². The molecule has 1 atom stereocenters. The van der Waals surface area contributed by atoms with Gasteiger partial charge in [-0.1, -0.05) is 25.7 Å². The van der Waals surface area contributed by atoms with Gasteiger partial charge in [-0.15, -0.1) is 0 Å². The van der Waals surface area contributed by atoms with Gasteiger partial charge in [-0.05, 0) is 88.0 Å². The quantitative estimate of drug-likeness (QED) is 0.491. The average Bonchev–Trinajstić information content (AvgIpc) is 3.38. The Balaban J connectivity index is 0.000000115. The molecule has 1 N–H and O–H groups in total. The van der Waals surface area contributed by atoms with Crippen molar-refractivity contribution in [1.82, 2.24) is 5.32 Å². The van der Waals surface area contributed by atoms with Crippen LogP contribution in [0.25, 0.3) is 0 Å². The minimum Gasteiger partial charge on any atom is -0.316 e. The summed E-state index contributed by atoms with van der Waals surface area (Å²) in [6.45, 7) is 2.20. The van der Waals surface area contributed by atoms with Crippen LogP contribution in [0, 0.1) is 16.2 Å². The Morgan fingerprint density at radius 3 is 1.59 bits per heavy atom. The highest BCUT2D eigenvalue weighted by atomic mass is 16.1. The highest BCUT2D eigenvalue weighted by Crippen LogP contribution is 2.49. The Kier molecular flexibility index (Phi) is 7.90. The number of ketones is 3. The van der Waals surface area contributed by atoms with Crippen molar-refractivity contribution in [2.45, 2.75) is 128 Å². The molecule has 4 heteroatoms. The molecule has 0 aromatic carbocycles. The summed E-state index contributed by atoms with van der Waals surface area (Å²) in [5.74, 6) is 1.59. The van der Waals surface area contributed by atoms with Gasteiger partial charge in [-0.2, -0.15) is 0 Å². The minimum absolute atomic E-state index is 0.220. The summed E-state index contributed by atoms with van der Waals surface area (Å²) >= 11 is 0. The van der Waals surface area contributed by atoms with E-state index in [4.69, 9.17) is 0 Å². The number of rotatable bonds is 0. The zero-order valence-electron chi connectivity index (χ0n) is 20.3. The van der Waals surface area contributed by atoms with Gasteiger partial charge >= 0.3 is 0 Å². The van der Waals surface area contributed by atoms with Gasteiger partial charge < -0.3 is 5.32 Å². The molecule has 0 radical (unpaired) electrons. The summed E-state index contributed by atoms with van der Waals surface area (Å²) in [7, 11) is 0. The largest absolute Gasteiger partial charge is 0.316 e. The number of carbonyl (C=O) groups excluding carboxylic acids is 3. The third-order valence-electron chi connectivity index (χ3n) is 9.68. The van der Waals surface area contributed by atoms with Gasteiger partial charge in [0.1, 0.15) is 17.3 Å². The standard InChI is InChI=1S/C10H16O.C9H15NO.C9H14O/c11-9-4-3-7-10(8-9)5-1-2-6-10;11-8-2-1-3-9(6-8)4-5-10-7-9;10-8-4-1-2-5-9(8)6-3-7-9/h1-8H2;10H,1-7H2;1-7H2. The number of hydrogen-bond donors (Lipinski definition) is 1. The number of carbonyl (C=O) groups is 3. The van der Waals surface area contributed by atoms with Crippen LogP contribution >= 0.6 is 0 Å². The van der Waals surface area contributed by atoms with Gasteiger partial charge in [-0.3, -0.25) is 14.4 Å². The summed E-state index contributed by atoms with van der Waals surface area (Å²) in [4.78, 5) is 33.8. The van der Waals surface area contributed by atoms with Crippen LogP contribution in [0.3, 0.4) is 0 Å².